The molecular weight excluding hydrogens is 332 g/mol. The van der Waals surface area contributed by atoms with Gasteiger partial charge in [-0.15, -0.1) is 0 Å². The molecule has 0 aliphatic heterocycles. The van der Waals surface area contributed by atoms with Gasteiger partial charge in [0.2, 0.25) is 0 Å². The maximum atomic E-state index is 12.3. The molecule has 138 valence electrons. The van der Waals surface area contributed by atoms with Crippen LogP contribution < -0.4 is 5.32 Å². The predicted octanol–water partition coefficient (Wildman–Crippen LogP) is 2.32. The molecule has 1 fully saturated rings. The minimum Gasteiger partial charge on any atom is -0.449 e. The zero-order valence-electron chi connectivity index (χ0n) is 14.9. The molecule has 1 saturated carbocycles. The van der Waals surface area contributed by atoms with E-state index in [1.807, 2.05) is 12.1 Å². The van der Waals surface area contributed by atoms with Crippen molar-refractivity contribution in [2.45, 2.75) is 57.7 Å². The fourth-order valence-electron chi connectivity index (χ4n) is 3.10. The summed E-state index contributed by atoms with van der Waals surface area (Å²) < 4.78 is 7.01. The summed E-state index contributed by atoms with van der Waals surface area (Å²) in [7, 11) is 0. The normalized spacial score (nSPS) is 16.0. The van der Waals surface area contributed by atoms with E-state index in [4.69, 9.17) is 4.74 Å². The highest BCUT2D eigenvalue weighted by molar-refractivity contribution is 5.92. The van der Waals surface area contributed by atoms with E-state index in [0.717, 1.165) is 31.2 Å². The second-order valence-corrected chi connectivity index (χ2v) is 6.68. The molecular formula is C19H24N4O3. The summed E-state index contributed by atoms with van der Waals surface area (Å²) in [5.74, 6) is -0.725. The van der Waals surface area contributed by atoms with Crippen LogP contribution in [0.25, 0.3) is 0 Å². The fraction of sp³-hybridized carbons (Fsp3) is 0.474. The number of esters is 1. The molecule has 7 heteroatoms. The Hall–Kier alpha value is -2.70. The summed E-state index contributed by atoms with van der Waals surface area (Å²) >= 11 is 0. The van der Waals surface area contributed by atoms with E-state index < -0.39 is 12.1 Å². The Kier molecular flexibility index (Phi) is 5.99. The van der Waals surface area contributed by atoms with E-state index in [0.29, 0.717) is 12.1 Å². The van der Waals surface area contributed by atoms with E-state index in [1.54, 1.807) is 30.1 Å². The van der Waals surface area contributed by atoms with Crippen molar-refractivity contribution in [3.63, 3.8) is 0 Å². The zero-order chi connectivity index (χ0) is 18.4. The lowest BCUT2D eigenvalue weighted by Crippen LogP contribution is -2.42. The summed E-state index contributed by atoms with van der Waals surface area (Å²) in [6.45, 7) is 2.19. The van der Waals surface area contributed by atoms with E-state index in [9.17, 15) is 9.59 Å². The Morgan fingerprint density at radius 2 is 1.96 bits per heavy atom. The Labute approximate surface area is 152 Å². The first-order valence-electron chi connectivity index (χ1n) is 9.04. The van der Waals surface area contributed by atoms with Gasteiger partial charge in [0.1, 0.15) is 12.7 Å². The molecule has 26 heavy (non-hydrogen) atoms. The molecule has 0 radical (unpaired) electrons. The van der Waals surface area contributed by atoms with Gasteiger partial charge < -0.3 is 10.1 Å². The zero-order valence-corrected chi connectivity index (χ0v) is 14.9. The Morgan fingerprint density at radius 3 is 2.62 bits per heavy atom. The third kappa shape index (κ3) is 4.91. The van der Waals surface area contributed by atoms with Gasteiger partial charge in [-0.3, -0.25) is 4.79 Å². The van der Waals surface area contributed by atoms with Crippen molar-refractivity contribution in [3.05, 3.63) is 48.0 Å². The monoisotopic (exact) mass is 356 g/mol. The molecule has 0 bridgehead atoms. The molecule has 0 unspecified atom stereocenters. The molecule has 7 nitrogen and oxygen atoms in total. The average molecular weight is 356 g/mol. The molecule has 1 atom stereocenters. The van der Waals surface area contributed by atoms with Crippen molar-refractivity contribution in [2.75, 3.05) is 0 Å². The number of rotatable bonds is 6. The van der Waals surface area contributed by atoms with Crippen LogP contribution in [-0.4, -0.2) is 38.8 Å². The number of carbonyl (C=O) groups is 2. The van der Waals surface area contributed by atoms with E-state index in [1.165, 1.54) is 12.7 Å². The second kappa shape index (κ2) is 8.60. The van der Waals surface area contributed by atoms with Crippen LogP contribution in [0.1, 0.15) is 54.9 Å². The molecule has 1 amide bonds. The van der Waals surface area contributed by atoms with Gasteiger partial charge in [0.25, 0.3) is 5.91 Å². The number of ether oxygens (including phenoxy) is 1. The number of carbonyl (C=O) groups excluding carboxylic acids is 2. The summed E-state index contributed by atoms with van der Waals surface area (Å²) in [6.07, 6.45) is 7.81. The molecule has 1 heterocycles. The number of amides is 1. The van der Waals surface area contributed by atoms with Crippen LogP contribution in [0.4, 0.5) is 0 Å². The van der Waals surface area contributed by atoms with Crippen LogP contribution in [-0.2, 0) is 16.1 Å². The van der Waals surface area contributed by atoms with Gasteiger partial charge >= 0.3 is 5.97 Å². The van der Waals surface area contributed by atoms with E-state index >= 15 is 0 Å². The number of hydrogen-bond acceptors (Lipinski definition) is 5. The third-order valence-corrected chi connectivity index (χ3v) is 4.61. The van der Waals surface area contributed by atoms with Crippen LogP contribution in [0.15, 0.2) is 36.9 Å². The van der Waals surface area contributed by atoms with Gasteiger partial charge in [0.05, 0.1) is 12.1 Å². The van der Waals surface area contributed by atoms with Gasteiger partial charge in [-0.25, -0.2) is 14.5 Å². The lowest BCUT2D eigenvalue weighted by atomic mass is 9.95. The topological polar surface area (TPSA) is 86.1 Å². The Morgan fingerprint density at radius 1 is 1.23 bits per heavy atom. The van der Waals surface area contributed by atoms with Crippen LogP contribution in [0.2, 0.25) is 0 Å². The standard InChI is InChI=1S/C19H24N4O3/c1-14(18(24)22-17-5-3-2-4-6-17)26-19(25)16-9-7-15(8-10-16)11-23-13-20-12-21-23/h7-10,12-14,17H,2-6,11H2,1H3,(H,22,24)/t14-/m1/s1. The predicted molar refractivity (Wildman–Crippen MR) is 95.5 cm³/mol. The fourth-order valence-corrected chi connectivity index (χ4v) is 3.10. The first-order chi connectivity index (χ1) is 12.6. The van der Waals surface area contributed by atoms with Gasteiger partial charge in [0.15, 0.2) is 6.10 Å². The molecule has 1 aliphatic rings. The number of aromatic nitrogens is 3. The summed E-state index contributed by atoms with van der Waals surface area (Å²) in [6, 6.07) is 7.27. The number of nitrogens with one attached hydrogen (secondary N) is 1. The highest BCUT2D eigenvalue weighted by atomic mass is 16.5. The van der Waals surface area contributed by atoms with Gasteiger partial charge in [-0.05, 0) is 37.5 Å². The first kappa shape index (κ1) is 18.1. The van der Waals surface area contributed by atoms with E-state index in [-0.39, 0.29) is 11.9 Å². The van der Waals surface area contributed by atoms with Crippen molar-refractivity contribution in [3.8, 4) is 0 Å². The molecule has 1 aliphatic carbocycles. The molecule has 0 saturated heterocycles. The number of nitrogens with zero attached hydrogens (tertiary/aromatic N) is 3. The highest BCUT2D eigenvalue weighted by Gasteiger charge is 2.22. The smallest absolute Gasteiger partial charge is 0.338 e. The Bertz CT molecular complexity index is 722. The molecule has 1 aromatic heterocycles. The summed E-state index contributed by atoms with van der Waals surface area (Å²) in [5, 5.41) is 7.02. The maximum absolute atomic E-state index is 12.3. The molecule has 1 aromatic carbocycles. The van der Waals surface area contributed by atoms with Gasteiger partial charge in [0, 0.05) is 6.04 Å². The van der Waals surface area contributed by atoms with Crippen molar-refractivity contribution in [1.82, 2.24) is 20.1 Å². The van der Waals surface area contributed by atoms with Crippen molar-refractivity contribution >= 4 is 11.9 Å². The van der Waals surface area contributed by atoms with E-state index in [2.05, 4.69) is 15.4 Å². The lowest BCUT2D eigenvalue weighted by molar-refractivity contribution is -0.130. The third-order valence-electron chi connectivity index (χ3n) is 4.61. The van der Waals surface area contributed by atoms with Crippen molar-refractivity contribution in [2.24, 2.45) is 0 Å². The minimum atomic E-state index is -0.806. The number of hydrogen-bond donors (Lipinski definition) is 1. The van der Waals surface area contributed by atoms with Gasteiger partial charge in [-0.2, -0.15) is 5.10 Å². The quantitative estimate of drug-likeness (QED) is 0.803. The van der Waals surface area contributed by atoms with Gasteiger partial charge in [-0.1, -0.05) is 31.4 Å². The SMILES string of the molecule is C[C@@H](OC(=O)c1ccc(Cn2cncn2)cc1)C(=O)NC1CCCCC1. The largest absolute Gasteiger partial charge is 0.449 e. The molecule has 0 spiro atoms. The lowest BCUT2D eigenvalue weighted by Gasteiger charge is -2.24. The molecule has 1 N–H and O–H groups in total. The Balaban J connectivity index is 1.50. The van der Waals surface area contributed by atoms with Crippen LogP contribution in [0, 0.1) is 0 Å². The summed E-state index contributed by atoms with van der Waals surface area (Å²) in [4.78, 5) is 28.4. The minimum absolute atomic E-state index is 0.202. The van der Waals surface area contributed by atoms with Crippen LogP contribution in [0.5, 0.6) is 0 Å². The highest BCUT2D eigenvalue weighted by Crippen LogP contribution is 2.17. The summed E-state index contributed by atoms with van der Waals surface area (Å²) in [5.41, 5.74) is 1.42. The van der Waals surface area contributed by atoms with Crippen LogP contribution >= 0.6 is 0 Å². The maximum Gasteiger partial charge on any atom is 0.338 e. The molecule has 3 rings (SSSR count). The van der Waals surface area contributed by atoms with Crippen molar-refractivity contribution in [1.29, 1.82) is 0 Å². The van der Waals surface area contributed by atoms with Crippen LogP contribution in [0.3, 0.4) is 0 Å². The second-order valence-electron chi connectivity index (χ2n) is 6.68. The average Bonchev–Trinajstić information content (AvgIpc) is 3.16. The van der Waals surface area contributed by atoms with Crippen molar-refractivity contribution < 1.29 is 14.3 Å². The molecule has 2 aromatic rings. The number of benzene rings is 1. The first-order valence-corrected chi connectivity index (χ1v) is 9.04.